The van der Waals surface area contributed by atoms with E-state index in [2.05, 4.69) is 5.10 Å². The van der Waals surface area contributed by atoms with Gasteiger partial charge >= 0.3 is 0 Å². The number of phenolic OH excluding ortho intramolecular Hbond substituents is 1. The third-order valence-corrected chi connectivity index (χ3v) is 4.76. The fourth-order valence-electron chi connectivity index (χ4n) is 2.64. The summed E-state index contributed by atoms with van der Waals surface area (Å²) in [7, 11) is 2.87. The predicted molar refractivity (Wildman–Crippen MR) is 106 cm³/mol. The number of hydrogen-bond donors (Lipinski definition) is 1. The first-order chi connectivity index (χ1) is 12.8. The van der Waals surface area contributed by atoms with Gasteiger partial charge in [0, 0.05) is 0 Å². The molecule has 0 radical (unpaired) electrons. The highest BCUT2D eigenvalue weighted by atomic mass is 35.5. The highest BCUT2D eigenvalue weighted by molar-refractivity contribution is 6.42. The third-order valence-electron chi connectivity index (χ3n) is 4.02. The van der Waals surface area contributed by atoms with Gasteiger partial charge in [0.2, 0.25) is 5.75 Å². The quantitative estimate of drug-likeness (QED) is 0.757. The van der Waals surface area contributed by atoms with Crippen molar-refractivity contribution in [2.45, 2.75) is 6.92 Å². The van der Waals surface area contributed by atoms with Gasteiger partial charge in [0.05, 0.1) is 41.2 Å². The van der Waals surface area contributed by atoms with Gasteiger partial charge in [0.25, 0.3) is 5.91 Å². The van der Waals surface area contributed by atoms with Gasteiger partial charge in [0.15, 0.2) is 11.5 Å². The summed E-state index contributed by atoms with van der Waals surface area (Å²) in [5.41, 5.74) is 2.07. The van der Waals surface area contributed by atoms with Crippen molar-refractivity contribution in [3.05, 3.63) is 51.5 Å². The fourth-order valence-corrected chi connectivity index (χ4v) is 2.93. The predicted octanol–water partition coefficient (Wildman–Crippen LogP) is 4.52. The second-order valence-electron chi connectivity index (χ2n) is 5.73. The summed E-state index contributed by atoms with van der Waals surface area (Å²) in [6, 6.07) is 8.06. The van der Waals surface area contributed by atoms with Crippen molar-refractivity contribution in [2.75, 3.05) is 19.2 Å². The maximum atomic E-state index is 12.8. The van der Waals surface area contributed by atoms with E-state index in [1.165, 1.54) is 19.2 Å². The summed E-state index contributed by atoms with van der Waals surface area (Å²) in [5.74, 6) is 0.0600. The second-order valence-corrected chi connectivity index (χ2v) is 6.55. The van der Waals surface area contributed by atoms with Gasteiger partial charge in [-0.05, 0) is 48.9 Å². The monoisotopic (exact) mass is 406 g/mol. The van der Waals surface area contributed by atoms with Crippen LogP contribution in [0.4, 0.5) is 5.69 Å². The number of carbonyl (C=O) groups is 1. The normalized spacial score (nSPS) is 15.3. The summed E-state index contributed by atoms with van der Waals surface area (Å²) >= 11 is 12.0. The van der Waals surface area contributed by atoms with Crippen molar-refractivity contribution in [3.8, 4) is 17.2 Å². The van der Waals surface area contributed by atoms with E-state index in [1.807, 2.05) is 0 Å². The van der Waals surface area contributed by atoms with E-state index in [0.29, 0.717) is 32.6 Å². The molecule has 27 heavy (non-hydrogen) atoms. The Bertz CT molecular complexity index is 961. The van der Waals surface area contributed by atoms with Crippen molar-refractivity contribution in [3.63, 3.8) is 0 Å². The maximum Gasteiger partial charge on any atom is 0.280 e. The number of hydrogen-bond acceptors (Lipinski definition) is 5. The first kappa shape index (κ1) is 19.1. The number of halogens is 2. The molecule has 1 aliphatic heterocycles. The molecule has 8 heteroatoms. The molecular formula is C19H16Cl2N2O4. The number of phenols is 1. The Morgan fingerprint density at radius 3 is 2.26 bits per heavy atom. The lowest BCUT2D eigenvalue weighted by Crippen LogP contribution is -2.21. The standard InChI is InChI=1S/C19H16Cl2N2O4/c1-10-13(6-11-7-16(26-2)18(24)17(8-11)27-3)19(25)23(22-10)12-4-5-14(20)15(21)9-12/h4-9,24H,1-3H3/b13-6+. The molecule has 0 unspecified atom stereocenters. The maximum absolute atomic E-state index is 12.8. The molecule has 0 atom stereocenters. The van der Waals surface area contributed by atoms with Crippen LogP contribution in [-0.4, -0.2) is 30.9 Å². The molecule has 0 saturated heterocycles. The summed E-state index contributed by atoms with van der Waals surface area (Å²) in [6.07, 6.45) is 1.66. The van der Waals surface area contributed by atoms with Crippen LogP contribution < -0.4 is 14.5 Å². The van der Waals surface area contributed by atoms with Gasteiger partial charge in [-0.25, -0.2) is 0 Å². The Labute approximate surface area is 166 Å². The van der Waals surface area contributed by atoms with Crippen molar-refractivity contribution in [2.24, 2.45) is 5.10 Å². The van der Waals surface area contributed by atoms with E-state index in [4.69, 9.17) is 32.7 Å². The molecule has 1 aliphatic rings. The molecule has 2 aromatic carbocycles. The molecule has 0 bridgehead atoms. The number of amides is 1. The number of rotatable bonds is 4. The minimum absolute atomic E-state index is 0.109. The van der Waals surface area contributed by atoms with Crippen LogP contribution in [0, 0.1) is 0 Å². The van der Waals surface area contributed by atoms with E-state index >= 15 is 0 Å². The van der Waals surface area contributed by atoms with E-state index in [9.17, 15) is 9.90 Å². The number of anilines is 1. The molecule has 1 amide bonds. The molecule has 1 N–H and O–H groups in total. The highest BCUT2D eigenvalue weighted by Gasteiger charge is 2.29. The first-order valence-electron chi connectivity index (χ1n) is 7.87. The molecule has 0 saturated carbocycles. The lowest BCUT2D eigenvalue weighted by molar-refractivity contribution is -0.114. The molecule has 2 aromatic rings. The average Bonchev–Trinajstić information content (AvgIpc) is 2.93. The zero-order valence-electron chi connectivity index (χ0n) is 14.8. The number of ether oxygens (including phenoxy) is 2. The number of carbonyl (C=O) groups excluding carboxylic acids is 1. The molecule has 0 aromatic heterocycles. The SMILES string of the molecule is COc1cc(/C=C2/C(=O)N(c3ccc(Cl)c(Cl)c3)N=C2C)cc(OC)c1O. The van der Waals surface area contributed by atoms with Crippen molar-refractivity contribution < 1.29 is 19.4 Å². The lowest BCUT2D eigenvalue weighted by atomic mass is 10.1. The third kappa shape index (κ3) is 3.59. The molecule has 6 nitrogen and oxygen atoms in total. The van der Waals surface area contributed by atoms with Crippen LogP contribution in [0.5, 0.6) is 17.2 Å². The fraction of sp³-hybridized carbons (Fsp3) is 0.158. The second kappa shape index (κ2) is 7.50. The highest BCUT2D eigenvalue weighted by Crippen LogP contribution is 2.38. The summed E-state index contributed by atoms with van der Waals surface area (Å²) in [5, 5.41) is 16.3. The Morgan fingerprint density at radius 1 is 1.07 bits per heavy atom. The van der Waals surface area contributed by atoms with Crippen LogP contribution in [0.2, 0.25) is 10.0 Å². The molecule has 3 rings (SSSR count). The Kier molecular flexibility index (Phi) is 5.30. The molecule has 0 fully saturated rings. The van der Waals surface area contributed by atoms with Gasteiger partial charge in [-0.2, -0.15) is 10.1 Å². The van der Waals surface area contributed by atoms with E-state index in [0.717, 1.165) is 0 Å². The number of nitrogens with zero attached hydrogens (tertiary/aromatic N) is 2. The topological polar surface area (TPSA) is 71.4 Å². The van der Waals surface area contributed by atoms with Crippen molar-refractivity contribution in [1.82, 2.24) is 0 Å². The zero-order chi connectivity index (χ0) is 19.7. The molecular weight excluding hydrogens is 391 g/mol. The zero-order valence-corrected chi connectivity index (χ0v) is 16.3. The van der Waals surface area contributed by atoms with Crippen molar-refractivity contribution in [1.29, 1.82) is 0 Å². The minimum atomic E-state index is -0.308. The van der Waals surface area contributed by atoms with Crippen molar-refractivity contribution >= 4 is 46.6 Å². The number of aromatic hydroxyl groups is 1. The smallest absolute Gasteiger partial charge is 0.280 e. The molecule has 1 heterocycles. The van der Waals surface area contributed by atoms with Gasteiger partial charge in [0.1, 0.15) is 0 Å². The van der Waals surface area contributed by atoms with Crippen LogP contribution in [0.15, 0.2) is 41.0 Å². The minimum Gasteiger partial charge on any atom is -0.502 e. The van der Waals surface area contributed by atoms with Crippen LogP contribution in [0.3, 0.4) is 0 Å². The molecule has 0 spiro atoms. The molecule has 140 valence electrons. The lowest BCUT2D eigenvalue weighted by Gasteiger charge is -2.12. The summed E-state index contributed by atoms with van der Waals surface area (Å²) in [6.45, 7) is 1.73. The largest absolute Gasteiger partial charge is 0.502 e. The average molecular weight is 407 g/mol. The summed E-state index contributed by atoms with van der Waals surface area (Å²) in [4.78, 5) is 12.8. The van der Waals surface area contributed by atoms with Crippen LogP contribution in [-0.2, 0) is 4.79 Å². The number of methoxy groups -OCH3 is 2. The van der Waals surface area contributed by atoms with E-state index in [-0.39, 0.29) is 23.2 Å². The number of benzene rings is 2. The van der Waals surface area contributed by atoms with Crippen LogP contribution in [0.1, 0.15) is 12.5 Å². The van der Waals surface area contributed by atoms with Gasteiger partial charge in [-0.3, -0.25) is 4.79 Å². The Hall–Kier alpha value is -2.70. The van der Waals surface area contributed by atoms with Crippen LogP contribution in [0.25, 0.3) is 6.08 Å². The Balaban J connectivity index is 2.00. The Morgan fingerprint density at radius 2 is 1.70 bits per heavy atom. The number of hydrazone groups is 1. The van der Waals surface area contributed by atoms with Crippen LogP contribution >= 0.6 is 23.2 Å². The van der Waals surface area contributed by atoms with E-state index in [1.54, 1.807) is 43.3 Å². The first-order valence-corrected chi connectivity index (χ1v) is 8.63. The van der Waals surface area contributed by atoms with Gasteiger partial charge < -0.3 is 14.6 Å². The van der Waals surface area contributed by atoms with E-state index < -0.39 is 0 Å². The summed E-state index contributed by atoms with van der Waals surface area (Å²) < 4.78 is 10.3. The molecule has 0 aliphatic carbocycles. The van der Waals surface area contributed by atoms with Gasteiger partial charge in [-0.15, -0.1) is 0 Å². The van der Waals surface area contributed by atoms with Gasteiger partial charge in [-0.1, -0.05) is 23.2 Å².